The number of nitrogens with one attached hydrogen (secondary N) is 1. The number of ether oxygens (including phenoxy) is 1. The van der Waals surface area contributed by atoms with E-state index in [2.05, 4.69) is 25.1 Å². The van der Waals surface area contributed by atoms with E-state index in [1.54, 1.807) is 6.20 Å². The molecular formula is C19H26N6O2. The molecule has 0 bridgehead atoms. The molecule has 4 heterocycles. The van der Waals surface area contributed by atoms with Crippen LogP contribution >= 0.6 is 0 Å². The molecule has 0 saturated carbocycles. The second kappa shape index (κ2) is 8.49. The summed E-state index contributed by atoms with van der Waals surface area (Å²) in [6.45, 7) is 5.08. The van der Waals surface area contributed by atoms with E-state index in [9.17, 15) is 5.11 Å². The standard InChI is InChI=1S/C19H26N6O2/c26-14-15-3-4-17(21-12-15)25-7-1-2-16(13-25)22-19-20-6-5-18(23-19)24-8-10-27-11-9-24/h3-6,12,16,26H,1-2,7-11,13-14H2,(H,20,22,23)/t16-/m1/s1. The Hall–Kier alpha value is -2.45. The molecule has 2 N–H and O–H groups in total. The maximum Gasteiger partial charge on any atom is 0.224 e. The quantitative estimate of drug-likeness (QED) is 0.814. The van der Waals surface area contributed by atoms with E-state index in [0.717, 1.165) is 69.4 Å². The Balaban J connectivity index is 1.40. The van der Waals surface area contributed by atoms with E-state index in [0.29, 0.717) is 5.95 Å². The summed E-state index contributed by atoms with van der Waals surface area (Å²) in [5, 5.41) is 12.7. The molecule has 2 aromatic heterocycles. The van der Waals surface area contributed by atoms with Gasteiger partial charge in [0.25, 0.3) is 0 Å². The first kappa shape index (κ1) is 17.9. The molecule has 2 aromatic rings. The monoisotopic (exact) mass is 370 g/mol. The molecule has 0 aliphatic carbocycles. The zero-order valence-electron chi connectivity index (χ0n) is 15.4. The summed E-state index contributed by atoms with van der Waals surface area (Å²) in [7, 11) is 0. The number of aliphatic hydroxyl groups excluding tert-OH is 1. The van der Waals surface area contributed by atoms with Crippen molar-refractivity contribution >= 4 is 17.6 Å². The topological polar surface area (TPSA) is 86.6 Å². The molecule has 8 nitrogen and oxygen atoms in total. The third kappa shape index (κ3) is 4.45. The van der Waals surface area contributed by atoms with Crippen LogP contribution in [0.2, 0.25) is 0 Å². The molecule has 0 spiro atoms. The van der Waals surface area contributed by atoms with Crippen molar-refractivity contribution in [2.75, 3.05) is 54.5 Å². The van der Waals surface area contributed by atoms with E-state index in [-0.39, 0.29) is 12.6 Å². The van der Waals surface area contributed by atoms with Gasteiger partial charge in [-0.15, -0.1) is 0 Å². The summed E-state index contributed by atoms with van der Waals surface area (Å²) in [6.07, 6.45) is 5.72. The molecule has 27 heavy (non-hydrogen) atoms. The van der Waals surface area contributed by atoms with Gasteiger partial charge in [-0.2, -0.15) is 4.98 Å². The Labute approximate surface area is 159 Å². The maximum absolute atomic E-state index is 9.17. The van der Waals surface area contributed by atoms with Crippen molar-refractivity contribution < 1.29 is 9.84 Å². The molecule has 2 fully saturated rings. The minimum absolute atomic E-state index is 0.0221. The molecule has 2 aliphatic rings. The third-order valence-corrected chi connectivity index (χ3v) is 5.05. The first-order valence-corrected chi connectivity index (χ1v) is 9.55. The molecule has 2 aliphatic heterocycles. The van der Waals surface area contributed by atoms with Crippen LogP contribution in [-0.4, -0.2) is 65.5 Å². The average Bonchev–Trinajstić information content (AvgIpc) is 2.75. The lowest BCUT2D eigenvalue weighted by Crippen LogP contribution is -2.43. The van der Waals surface area contributed by atoms with E-state index >= 15 is 0 Å². The lowest BCUT2D eigenvalue weighted by atomic mass is 10.1. The molecular weight excluding hydrogens is 344 g/mol. The van der Waals surface area contributed by atoms with Gasteiger partial charge in [-0.3, -0.25) is 0 Å². The summed E-state index contributed by atoms with van der Waals surface area (Å²) in [5.41, 5.74) is 0.832. The van der Waals surface area contributed by atoms with Crippen LogP contribution in [0.5, 0.6) is 0 Å². The second-order valence-corrected chi connectivity index (χ2v) is 6.95. The number of pyridine rings is 1. The number of rotatable bonds is 5. The van der Waals surface area contributed by atoms with Gasteiger partial charge in [0.15, 0.2) is 0 Å². The Morgan fingerprint density at radius 2 is 1.96 bits per heavy atom. The largest absolute Gasteiger partial charge is 0.392 e. The highest BCUT2D eigenvalue weighted by Gasteiger charge is 2.22. The normalized spacial score (nSPS) is 20.6. The van der Waals surface area contributed by atoms with Crippen LogP contribution in [0.1, 0.15) is 18.4 Å². The first-order valence-electron chi connectivity index (χ1n) is 9.55. The van der Waals surface area contributed by atoms with Crippen LogP contribution in [0.3, 0.4) is 0 Å². The lowest BCUT2D eigenvalue weighted by Gasteiger charge is -2.34. The van der Waals surface area contributed by atoms with Crippen molar-refractivity contribution in [2.45, 2.75) is 25.5 Å². The van der Waals surface area contributed by atoms with Gasteiger partial charge in [0, 0.05) is 44.6 Å². The van der Waals surface area contributed by atoms with Crippen LogP contribution in [0.4, 0.5) is 17.6 Å². The Kier molecular flexibility index (Phi) is 5.64. The van der Waals surface area contributed by atoms with Gasteiger partial charge in [0.05, 0.1) is 19.8 Å². The number of hydrogen-bond acceptors (Lipinski definition) is 8. The third-order valence-electron chi connectivity index (χ3n) is 5.05. The highest BCUT2D eigenvalue weighted by Crippen LogP contribution is 2.21. The molecule has 0 amide bonds. The minimum atomic E-state index is 0.0221. The lowest BCUT2D eigenvalue weighted by molar-refractivity contribution is 0.122. The molecule has 0 radical (unpaired) electrons. The van der Waals surface area contributed by atoms with E-state index in [4.69, 9.17) is 9.72 Å². The number of aromatic nitrogens is 3. The van der Waals surface area contributed by atoms with Gasteiger partial charge in [-0.1, -0.05) is 6.07 Å². The summed E-state index contributed by atoms with van der Waals surface area (Å²) in [6, 6.07) is 6.13. The summed E-state index contributed by atoms with van der Waals surface area (Å²) >= 11 is 0. The van der Waals surface area contributed by atoms with E-state index in [1.807, 2.05) is 24.4 Å². The molecule has 4 rings (SSSR count). The van der Waals surface area contributed by atoms with Crippen molar-refractivity contribution in [3.63, 3.8) is 0 Å². The highest BCUT2D eigenvalue weighted by atomic mass is 16.5. The molecule has 0 aromatic carbocycles. The van der Waals surface area contributed by atoms with Crippen molar-refractivity contribution in [1.82, 2.24) is 15.0 Å². The zero-order chi connectivity index (χ0) is 18.5. The Bertz CT molecular complexity index is 735. The van der Waals surface area contributed by atoms with Crippen LogP contribution < -0.4 is 15.1 Å². The molecule has 0 unspecified atom stereocenters. The maximum atomic E-state index is 9.17. The highest BCUT2D eigenvalue weighted by molar-refractivity contribution is 5.44. The predicted octanol–water partition coefficient (Wildman–Crippen LogP) is 1.28. The zero-order valence-corrected chi connectivity index (χ0v) is 15.4. The Morgan fingerprint density at radius 1 is 1.07 bits per heavy atom. The smallest absolute Gasteiger partial charge is 0.224 e. The molecule has 1 atom stereocenters. The van der Waals surface area contributed by atoms with Crippen molar-refractivity contribution in [2.24, 2.45) is 0 Å². The average molecular weight is 370 g/mol. The van der Waals surface area contributed by atoms with Crippen molar-refractivity contribution in [3.8, 4) is 0 Å². The molecule has 144 valence electrons. The molecule has 8 heteroatoms. The number of nitrogens with zero attached hydrogens (tertiary/aromatic N) is 5. The van der Waals surface area contributed by atoms with Crippen LogP contribution in [0, 0.1) is 0 Å². The minimum Gasteiger partial charge on any atom is -0.392 e. The van der Waals surface area contributed by atoms with Gasteiger partial charge in [-0.25, -0.2) is 9.97 Å². The fourth-order valence-corrected chi connectivity index (χ4v) is 3.57. The van der Waals surface area contributed by atoms with Crippen LogP contribution in [-0.2, 0) is 11.3 Å². The number of aliphatic hydroxyl groups is 1. The number of morpholine rings is 1. The number of piperidine rings is 1. The summed E-state index contributed by atoms with van der Waals surface area (Å²) < 4.78 is 5.42. The van der Waals surface area contributed by atoms with Crippen molar-refractivity contribution in [1.29, 1.82) is 0 Å². The first-order chi connectivity index (χ1) is 13.3. The van der Waals surface area contributed by atoms with Gasteiger partial charge in [0.1, 0.15) is 11.6 Å². The fraction of sp³-hybridized carbons (Fsp3) is 0.526. The SMILES string of the molecule is OCc1ccc(N2CCC[C@@H](Nc3nccc(N4CCOCC4)n3)C2)nc1. The van der Waals surface area contributed by atoms with Gasteiger partial charge in [0.2, 0.25) is 5.95 Å². The van der Waals surface area contributed by atoms with Crippen molar-refractivity contribution in [3.05, 3.63) is 36.2 Å². The number of hydrogen-bond donors (Lipinski definition) is 2. The predicted molar refractivity (Wildman–Crippen MR) is 104 cm³/mol. The Morgan fingerprint density at radius 3 is 2.74 bits per heavy atom. The van der Waals surface area contributed by atoms with E-state index < -0.39 is 0 Å². The summed E-state index contributed by atoms with van der Waals surface area (Å²) in [5.74, 6) is 2.57. The van der Waals surface area contributed by atoms with Crippen LogP contribution in [0.25, 0.3) is 0 Å². The van der Waals surface area contributed by atoms with Crippen LogP contribution in [0.15, 0.2) is 30.6 Å². The van der Waals surface area contributed by atoms with Gasteiger partial charge < -0.3 is 25.0 Å². The van der Waals surface area contributed by atoms with Gasteiger partial charge in [-0.05, 0) is 30.5 Å². The van der Waals surface area contributed by atoms with Gasteiger partial charge >= 0.3 is 0 Å². The second-order valence-electron chi connectivity index (χ2n) is 6.95. The molecule has 2 saturated heterocycles. The van der Waals surface area contributed by atoms with E-state index in [1.165, 1.54) is 0 Å². The number of anilines is 3. The fourth-order valence-electron chi connectivity index (χ4n) is 3.57. The summed E-state index contributed by atoms with van der Waals surface area (Å²) in [4.78, 5) is 18.1.